The molecule has 0 rings (SSSR count). The van der Waals surface area contributed by atoms with Crippen LogP contribution in [0.4, 0.5) is 0 Å². The lowest BCUT2D eigenvalue weighted by atomic mass is 10.0. The van der Waals surface area contributed by atoms with Gasteiger partial charge >= 0.3 is 5.97 Å². The van der Waals surface area contributed by atoms with E-state index in [9.17, 15) is 15.0 Å². The highest BCUT2D eigenvalue weighted by atomic mass is 16.4. The van der Waals surface area contributed by atoms with Crippen LogP contribution in [-0.4, -0.2) is 33.5 Å². The molecule has 4 nitrogen and oxygen atoms in total. The molecule has 0 radical (unpaired) electrons. The summed E-state index contributed by atoms with van der Waals surface area (Å²) in [5.41, 5.74) is 0. The molecule has 132 valence electrons. The van der Waals surface area contributed by atoms with Crippen LogP contribution in [0, 0.1) is 0 Å². The van der Waals surface area contributed by atoms with Crippen LogP contribution in [0.5, 0.6) is 0 Å². The zero-order valence-electron chi connectivity index (χ0n) is 14.3. The summed E-state index contributed by atoms with van der Waals surface area (Å²) >= 11 is 0. The van der Waals surface area contributed by atoms with Gasteiger partial charge in [0, 0.05) is 6.42 Å². The van der Waals surface area contributed by atoms with Gasteiger partial charge in [-0.3, -0.25) is 4.79 Å². The molecule has 22 heavy (non-hydrogen) atoms. The van der Waals surface area contributed by atoms with Crippen LogP contribution in [0.2, 0.25) is 0 Å². The number of aliphatic hydroxyl groups excluding tert-OH is 2. The normalized spacial score (nSPS) is 14.0. The van der Waals surface area contributed by atoms with E-state index in [-0.39, 0.29) is 18.6 Å². The second kappa shape index (κ2) is 15.3. The largest absolute Gasteiger partial charge is 0.481 e. The van der Waals surface area contributed by atoms with E-state index in [4.69, 9.17) is 5.11 Å². The van der Waals surface area contributed by atoms with Crippen molar-refractivity contribution in [1.82, 2.24) is 0 Å². The van der Waals surface area contributed by atoms with E-state index in [0.29, 0.717) is 0 Å². The Labute approximate surface area is 135 Å². The monoisotopic (exact) mass is 316 g/mol. The summed E-state index contributed by atoms with van der Waals surface area (Å²) in [6.07, 6.45) is 12.4. The molecule has 0 saturated carbocycles. The predicted octanol–water partition coefficient (Wildman–Crippen LogP) is 4.27. The summed E-state index contributed by atoms with van der Waals surface area (Å²) in [7, 11) is 0. The molecule has 4 heteroatoms. The Morgan fingerprint density at radius 1 is 0.727 bits per heavy atom. The van der Waals surface area contributed by atoms with Crippen LogP contribution in [0.3, 0.4) is 0 Å². The van der Waals surface area contributed by atoms with E-state index in [1.54, 1.807) is 0 Å². The number of hydrogen-bond donors (Lipinski definition) is 3. The number of hydrogen-bond acceptors (Lipinski definition) is 3. The van der Waals surface area contributed by atoms with E-state index >= 15 is 0 Å². The Kier molecular flexibility index (Phi) is 14.9. The molecule has 0 aromatic carbocycles. The van der Waals surface area contributed by atoms with Gasteiger partial charge < -0.3 is 15.3 Å². The third-order valence-electron chi connectivity index (χ3n) is 4.14. The first kappa shape index (κ1) is 21.4. The summed E-state index contributed by atoms with van der Waals surface area (Å²) in [6, 6.07) is 0. The van der Waals surface area contributed by atoms with Gasteiger partial charge in [-0.15, -0.1) is 0 Å². The molecule has 0 aliphatic carbocycles. The maximum Gasteiger partial charge on any atom is 0.303 e. The Morgan fingerprint density at radius 2 is 1.14 bits per heavy atom. The molecule has 0 aliphatic heterocycles. The number of carboxylic acid groups (broad SMARTS) is 1. The Hall–Kier alpha value is -0.610. The van der Waals surface area contributed by atoms with E-state index in [2.05, 4.69) is 6.92 Å². The van der Waals surface area contributed by atoms with E-state index < -0.39 is 5.97 Å². The Balaban J connectivity index is 3.29. The maximum atomic E-state index is 10.3. The average Bonchev–Trinajstić information content (AvgIpc) is 2.48. The van der Waals surface area contributed by atoms with Gasteiger partial charge in [0.25, 0.3) is 0 Å². The quantitative estimate of drug-likeness (QED) is 0.371. The minimum atomic E-state index is -0.713. The fourth-order valence-electron chi connectivity index (χ4n) is 2.67. The van der Waals surface area contributed by atoms with Gasteiger partial charge in [-0.05, 0) is 32.1 Å². The molecule has 2 atom stereocenters. The van der Waals surface area contributed by atoms with Crippen LogP contribution in [0.1, 0.15) is 96.8 Å². The summed E-state index contributed by atoms with van der Waals surface area (Å²) in [6.45, 7) is 2.13. The average molecular weight is 316 g/mol. The smallest absolute Gasteiger partial charge is 0.303 e. The molecule has 3 N–H and O–H groups in total. The first-order chi connectivity index (χ1) is 10.6. The van der Waals surface area contributed by atoms with Crippen molar-refractivity contribution < 1.29 is 20.1 Å². The maximum absolute atomic E-state index is 10.3. The lowest BCUT2D eigenvalue weighted by Gasteiger charge is -2.12. The molecular formula is C18H36O4. The summed E-state index contributed by atoms with van der Waals surface area (Å²) in [4.78, 5) is 10.3. The SMILES string of the molecule is CCCC[C@H](O)CCCC[C@H](O)CCCCCCCC(=O)O. The van der Waals surface area contributed by atoms with Gasteiger partial charge in [0.05, 0.1) is 12.2 Å². The molecule has 0 spiro atoms. The fraction of sp³-hybridized carbons (Fsp3) is 0.944. The highest BCUT2D eigenvalue weighted by molar-refractivity contribution is 5.66. The standard InChI is InChI=1S/C18H36O4/c1-2-3-11-16(19)13-9-10-14-17(20)12-7-5-4-6-8-15-18(21)22/h16-17,19-20H,2-15H2,1H3,(H,21,22)/t16-,17+/m0/s1. The minimum absolute atomic E-state index is 0.164. The number of unbranched alkanes of at least 4 members (excludes halogenated alkanes) is 6. The molecule has 0 heterocycles. The van der Waals surface area contributed by atoms with Gasteiger partial charge in [0.2, 0.25) is 0 Å². The lowest BCUT2D eigenvalue weighted by Crippen LogP contribution is -2.08. The van der Waals surface area contributed by atoms with Crippen molar-refractivity contribution in [3.05, 3.63) is 0 Å². The van der Waals surface area contributed by atoms with Crippen molar-refractivity contribution in [2.75, 3.05) is 0 Å². The minimum Gasteiger partial charge on any atom is -0.481 e. The predicted molar refractivity (Wildman–Crippen MR) is 90.0 cm³/mol. The van der Waals surface area contributed by atoms with Crippen LogP contribution in [0.15, 0.2) is 0 Å². The first-order valence-corrected chi connectivity index (χ1v) is 9.14. The summed E-state index contributed by atoms with van der Waals surface area (Å²) < 4.78 is 0. The zero-order chi connectivity index (χ0) is 16.6. The van der Waals surface area contributed by atoms with Gasteiger partial charge in [0.15, 0.2) is 0 Å². The molecule has 0 aromatic rings. The number of carboxylic acids is 1. The van der Waals surface area contributed by atoms with Crippen LogP contribution >= 0.6 is 0 Å². The number of carbonyl (C=O) groups is 1. The second-order valence-corrected chi connectivity index (χ2v) is 6.43. The van der Waals surface area contributed by atoms with Gasteiger partial charge in [-0.2, -0.15) is 0 Å². The molecule has 0 saturated heterocycles. The molecule has 0 amide bonds. The van der Waals surface area contributed by atoms with Crippen molar-refractivity contribution in [3.8, 4) is 0 Å². The Bertz CT molecular complexity index is 255. The van der Waals surface area contributed by atoms with Crippen molar-refractivity contribution in [2.45, 2.75) is 109 Å². The number of aliphatic hydroxyl groups is 2. The number of aliphatic carboxylic acids is 1. The Morgan fingerprint density at radius 3 is 1.64 bits per heavy atom. The topological polar surface area (TPSA) is 77.8 Å². The third kappa shape index (κ3) is 15.8. The molecule has 0 fully saturated rings. The van der Waals surface area contributed by atoms with Crippen molar-refractivity contribution in [2.24, 2.45) is 0 Å². The van der Waals surface area contributed by atoms with Crippen molar-refractivity contribution in [3.63, 3.8) is 0 Å². The highest BCUT2D eigenvalue weighted by Crippen LogP contribution is 2.14. The van der Waals surface area contributed by atoms with E-state index in [0.717, 1.165) is 83.5 Å². The van der Waals surface area contributed by atoms with E-state index in [1.807, 2.05) is 0 Å². The first-order valence-electron chi connectivity index (χ1n) is 9.14. The second-order valence-electron chi connectivity index (χ2n) is 6.43. The van der Waals surface area contributed by atoms with Crippen LogP contribution in [0.25, 0.3) is 0 Å². The van der Waals surface area contributed by atoms with E-state index in [1.165, 1.54) is 0 Å². The zero-order valence-corrected chi connectivity index (χ0v) is 14.3. The molecule has 0 aromatic heterocycles. The van der Waals surface area contributed by atoms with Crippen molar-refractivity contribution >= 4 is 5.97 Å². The number of rotatable bonds is 16. The summed E-state index contributed by atoms with van der Waals surface area (Å²) in [5, 5.41) is 28.1. The van der Waals surface area contributed by atoms with Gasteiger partial charge in [-0.25, -0.2) is 0 Å². The molecular weight excluding hydrogens is 280 g/mol. The van der Waals surface area contributed by atoms with Crippen LogP contribution < -0.4 is 0 Å². The van der Waals surface area contributed by atoms with Crippen molar-refractivity contribution in [1.29, 1.82) is 0 Å². The molecule has 0 bridgehead atoms. The summed E-state index contributed by atoms with van der Waals surface area (Å²) in [5.74, 6) is -0.713. The van der Waals surface area contributed by atoms with Crippen LogP contribution in [-0.2, 0) is 4.79 Å². The van der Waals surface area contributed by atoms with Gasteiger partial charge in [0.1, 0.15) is 0 Å². The molecule has 0 unspecified atom stereocenters. The third-order valence-corrected chi connectivity index (χ3v) is 4.14. The molecule has 0 aliphatic rings. The lowest BCUT2D eigenvalue weighted by molar-refractivity contribution is -0.137. The van der Waals surface area contributed by atoms with Gasteiger partial charge in [-0.1, -0.05) is 58.3 Å². The highest BCUT2D eigenvalue weighted by Gasteiger charge is 2.06. The fourth-order valence-corrected chi connectivity index (χ4v) is 2.67.